The van der Waals surface area contributed by atoms with Crippen molar-refractivity contribution in [1.82, 2.24) is 4.98 Å². The SMILES string of the molecule is NC(=O)COc1ccccc1C(=O)Nc1ccc(N2CCCC2)nc1. The van der Waals surface area contributed by atoms with E-state index in [1.54, 1.807) is 30.5 Å². The van der Waals surface area contributed by atoms with Crippen molar-refractivity contribution in [2.75, 3.05) is 29.9 Å². The molecule has 130 valence electrons. The molecule has 3 rings (SSSR count). The van der Waals surface area contributed by atoms with Gasteiger partial charge in [0.05, 0.1) is 17.4 Å². The number of anilines is 2. The molecule has 0 unspecified atom stereocenters. The normalized spacial score (nSPS) is 13.5. The van der Waals surface area contributed by atoms with Gasteiger partial charge in [-0.2, -0.15) is 0 Å². The number of para-hydroxylation sites is 1. The van der Waals surface area contributed by atoms with Crippen LogP contribution in [0.1, 0.15) is 23.2 Å². The minimum atomic E-state index is -0.600. The summed E-state index contributed by atoms with van der Waals surface area (Å²) in [6.07, 6.45) is 4.00. The van der Waals surface area contributed by atoms with E-state index in [9.17, 15) is 9.59 Å². The Morgan fingerprint density at radius 3 is 2.60 bits per heavy atom. The molecule has 0 atom stereocenters. The maximum absolute atomic E-state index is 12.5. The fraction of sp³-hybridized carbons (Fsp3) is 0.278. The minimum Gasteiger partial charge on any atom is -0.483 e. The van der Waals surface area contributed by atoms with Gasteiger partial charge in [0, 0.05) is 13.1 Å². The van der Waals surface area contributed by atoms with E-state index in [1.165, 1.54) is 12.8 Å². The monoisotopic (exact) mass is 340 g/mol. The number of ether oxygens (including phenoxy) is 1. The first-order valence-electron chi connectivity index (χ1n) is 8.16. The highest BCUT2D eigenvalue weighted by atomic mass is 16.5. The number of hydrogen-bond acceptors (Lipinski definition) is 5. The van der Waals surface area contributed by atoms with Gasteiger partial charge in [-0.3, -0.25) is 9.59 Å². The zero-order valence-electron chi connectivity index (χ0n) is 13.8. The number of nitrogens with one attached hydrogen (secondary N) is 1. The molecule has 7 heteroatoms. The molecule has 7 nitrogen and oxygen atoms in total. The van der Waals surface area contributed by atoms with Crippen LogP contribution in [-0.2, 0) is 4.79 Å². The molecule has 1 aromatic heterocycles. The highest BCUT2D eigenvalue weighted by Gasteiger charge is 2.15. The number of carbonyl (C=O) groups excluding carboxylic acids is 2. The third kappa shape index (κ3) is 4.26. The molecule has 0 saturated carbocycles. The molecular weight excluding hydrogens is 320 g/mol. The van der Waals surface area contributed by atoms with E-state index < -0.39 is 5.91 Å². The Morgan fingerprint density at radius 1 is 1.16 bits per heavy atom. The average molecular weight is 340 g/mol. The van der Waals surface area contributed by atoms with E-state index in [1.807, 2.05) is 12.1 Å². The van der Waals surface area contributed by atoms with Crippen LogP contribution in [0, 0.1) is 0 Å². The number of rotatable bonds is 6. The zero-order chi connectivity index (χ0) is 17.6. The molecule has 0 radical (unpaired) electrons. The molecule has 2 aromatic rings. The van der Waals surface area contributed by atoms with Crippen LogP contribution >= 0.6 is 0 Å². The summed E-state index contributed by atoms with van der Waals surface area (Å²) in [5.41, 5.74) is 6.00. The summed E-state index contributed by atoms with van der Waals surface area (Å²) in [6.45, 7) is 1.75. The zero-order valence-corrected chi connectivity index (χ0v) is 13.8. The second-order valence-electron chi connectivity index (χ2n) is 5.80. The summed E-state index contributed by atoms with van der Waals surface area (Å²) >= 11 is 0. The number of amides is 2. The molecule has 1 saturated heterocycles. The largest absolute Gasteiger partial charge is 0.483 e. The fourth-order valence-electron chi connectivity index (χ4n) is 2.72. The van der Waals surface area contributed by atoms with Gasteiger partial charge in [0.25, 0.3) is 11.8 Å². The van der Waals surface area contributed by atoms with E-state index in [2.05, 4.69) is 15.2 Å². The maximum Gasteiger partial charge on any atom is 0.259 e. The first-order valence-corrected chi connectivity index (χ1v) is 8.16. The van der Waals surface area contributed by atoms with Crippen molar-refractivity contribution < 1.29 is 14.3 Å². The van der Waals surface area contributed by atoms with E-state index >= 15 is 0 Å². The topological polar surface area (TPSA) is 97.6 Å². The quantitative estimate of drug-likeness (QED) is 0.835. The molecule has 3 N–H and O–H groups in total. The number of benzene rings is 1. The molecule has 0 spiro atoms. The Bertz CT molecular complexity index is 755. The fourth-order valence-corrected chi connectivity index (χ4v) is 2.72. The van der Waals surface area contributed by atoms with Crippen LogP contribution in [0.5, 0.6) is 5.75 Å². The standard InChI is InChI=1S/C18H20N4O3/c19-16(23)12-25-15-6-2-1-5-14(15)18(24)21-13-7-8-17(20-11-13)22-9-3-4-10-22/h1-2,5-8,11H,3-4,9-10,12H2,(H2,19,23)(H,21,24). The van der Waals surface area contributed by atoms with E-state index in [0.717, 1.165) is 18.9 Å². The maximum atomic E-state index is 12.5. The lowest BCUT2D eigenvalue weighted by Gasteiger charge is -2.16. The van der Waals surface area contributed by atoms with Gasteiger partial charge in [-0.15, -0.1) is 0 Å². The summed E-state index contributed by atoms with van der Waals surface area (Å²) in [5, 5.41) is 2.79. The average Bonchev–Trinajstić information content (AvgIpc) is 3.15. The molecule has 0 aliphatic carbocycles. The van der Waals surface area contributed by atoms with Crippen LogP contribution in [-0.4, -0.2) is 36.5 Å². The molecule has 1 aliphatic rings. The molecule has 0 bridgehead atoms. The molecular formula is C18H20N4O3. The summed E-state index contributed by atoms with van der Waals surface area (Å²) < 4.78 is 5.29. The van der Waals surface area contributed by atoms with Crippen LogP contribution in [0.25, 0.3) is 0 Å². The minimum absolute atomic E-state index is 0.281. The predicted octanol–water partition coefficient (Wildman–Crippen LogP) is 1.80. The highest BCUT2D eigenvalue weighted by molar-refractivity contribution is 6.06. The van der Waals surface area contributed by atoms with Crippen molar-refractivity contribution in [3.63, 3.8) is 0 Å². The van der Waals surface area contributed by atoms with Gasteiger partial charge < -0.3 is 20.7 Å². The summed E-state index contributed by atoms with van der Waals surface area (Å²) in [6, 6.07) is 10.4. The first kappa shape index (κ1) is 16.8. The van der Waals surface area contributed by atoms with Gasteiger partial charge in [0.15, 0.2) is 6.61 Å². The molecule has 2 heterocycles. The van der Waals surface area contributed by atoms with Gasteiger partial charge >= 0.3 is 0 Å². The van der Waals surface area contributed by atoms with E-state index in [0.29, 0.717) is 17.0 Å². The van der Waals surface area contributed by atoms with Crippen molar-refractivity contribution in [3.05, 3.63) is 48.2 Å². The van der Waals surface area contributed by atoms with E-state index in [-0.39, 0.29) is 12.5 Å². The smallest absolute Gasteiger partial charge is 0.259 e. The molecule has 1 aliphatic heterocycles. The van der Waals surface area contributed by atoms with Crippen LogP contribution in [0.3, 0.4) is 0 Å². The number of pyridine rings is 1. The van der Waals surface area contributed by atoms with Gasteiger partial charge in [-0.05, 0) is 37.1 Å². The Hall–Kier alpha value is -3.09. The highest BCUT2D eigenvalue weighted by Crippen LogP contribution is 2.22. The number of primary amides is 1. The first-order chi connectivity index (χ1) is 12.1. The van der Waals surface area contributed by atoms with Gasteiger partial charge in [-0.1, -0.05) is 12.1 Å². The number of nitrogens with two attached hydrogens (primary N) is 1. The number of nitrogens with zero attached hydrogens (tertiary/aromatic N) is 2. The van der Waals surface area contributed by atoms with Crippen molar-refractivity contribution in [3.8, 4) is 5.75 Å². The molecule has 2 amide bonds. The molecule has 25 heavy (non-hydrogen) atoms. The van der Waals surface area contributed by atoms with Crippen molar-refractivity contribution in [2.24, 2.45) is 5.73 Å². The molecule has 1 fully saturated rings. The predicted molar refractivity (Wildman–Crippen MR) is 94.8 cm³/mol. The summed E-state index contributed by atoms with van der Waals surface area (Å²) in [7, 11) is 0. The molecule has 1 aromatic carbocycles. The third-order valence-electron chi connectivity index (χ3n) is 3.94. The van der Waals surface area contributed by atoms with Gasteiger partial charge in [0.2, 0.25) is 0 Å². The number of hydrogen-bond donors (Lipinski definition) is 2. The van der Waals surface area contributed by atoms with E-state index in [4.69, 9.17) is 10.5 Å². The van der Waals surface area contributed by atoms with Gasteiger partial charge in [-0.25, -0.2) is 4.98 Å². The summed E-state index contributed by atoms with van der Waals surface area (Å²) in [4.78, 5) is 30.0. The Morgan fingerprint density at radius 2 is 1.92 bits per heavy atom. The third-order valence-corrected chi connectivity index (χ3v) is 3.94. The van der Waals surface area contributed by atoms with Crippen LogP contribution in [0.4, 0.5) is 11.5 Å². The lowest BCUT2D eigenvalue weighted by Crippen LogP contribution is -2.21. The summed E-state index contributed by atoms with van der Waals surface area (Å²) in [5.74, 6) is 0.286. The number of carbonyl (C=O) groups is 2. The Kier molecular flexibility index (Phi) is 5.13. The van der Waals surface area contributed by atoms with Crippen molar-refractivity contribution in [2.45, 2.75) is 12.8 Å². The number of aromatic nitrogens is 1. The van der Waals surface area contributed by atoms with Crippen molar-refractivity contribution in [1.29, 1.82) is 0 Å². The van der Waals surface area contributed by atoms with Crippen LogP contribution in [0.2, 0.25) is 0 Å². The lowest BCUT2D eigenvalue weighted by molar-refractivity contribution is -0.119. The Labute approximate surface area is 145 Å². The van der Waals surface area contributed by atoms with Crippen molar-refractivity contribution >= 4 is 23.3 Å². The second-order valence-corrected chi connectivity index (χ2v) is 5.80. The lowest BCUT2D eigenvalue weighted by atomic mass is 10.2. The van der Waals surface area contributed by atoms with Crippen LogP contribution in [0.15, 0.2) is 42.6 Å². The van der Waals surface area contributed by atoms with Crippen LogP contribution < -0.4 is 20.7 Å². The second kappa shape index (κ2) is 7.65. The Balaban J connectivity index is 1.68. The van der Waals surface area contributed by atoms with Gasteiger partial charge in [0.1, 0.15) is 11.6 Å².